The molecule has 2 heteroatoms. The van der Waals surface area contributed by atoms with Gasteiger partial charge in [0.1, 0.15) is 5.82 Å². The first kappa shape index (κ1) is 9.34. The summed E-state index contributed by atoms with van der Waals surface area (Å²) >= 11 is 0. The number of rotatable bonds is 2. The molecule has 0 saturated heterocycles. The lowest BCUT2D eigenvalue weighted by Crippen LogP contribution is -2.06. The van der Waals surface area contributed by atoms with Crippen molar-refractivity contribution in [2.45, 2.75) is 25.4 Å². The molecule has 0 aliphatic heterocycles. The fourth-order valence-electron chi connectivity index (χ4n) is 3.27. The molecule has 0 amide bonds. The van der Waals surface area contributed by atoms with Crippen LogP contribution in [0.3, 0.4) is 0 Å². The van der Waals surface area contributed by atoms with E-state index in [1.54, 1.807) is 18.2 Å². The minimum Gasteiger partial charge on any atom is -0.388 e. The van der Waals surface area contributed by atoms with Gasteiger partial charge in [0, 0.05) is 5.56 Å². The minimum atomic E-state index is -0.582. The van der Waals surface area contributed by atoms with Crippen LogP contribution < -0.4 is 0 Å². The Hall–Kier alpha value is -0.890. The molecule has 1 aromatic rings. The van der Waals surface area contributed by atoms with Gasteiger partial charge in [-0.2, -0.15) is 0 Å². The van der Waals surface area contributed by atoms with Crippen molar-refractivity contribution in [3.63, 3.8) is 0 Å². The lowest BCUT2D eigenvalue weighted by Gasteiger charge is -2.13. The standard InChI is InChI=1S/C13H15FO/c14-11-7-2-1-4-10(11)13(15)12-8-5-3-6-9(8)12/h1-2,4,7-9,12-13,15H,3,5-6H2. The predicted molar refractivity (Wildman–Crippen MR) is 55.7 cm³/mol. The predicted octanol–water partition coefficient (Wildman–Crippen LogP) is 2.91. The van der Waals surface area contributed by atoms with Crippen LogP contribution in [0.2, 0.25) is 0 Å². The van der Waals surface area contributed by atoms with E-state index in [2.05, 4.69) is 0 Å². The molecule has 80 valence electrons. The normalized spacial score (nSPS) is 34.9. The Kier molecular flexibility index (Phi) is 2.06. The summed E-state index contributed by atoms with van der Waals surface area (Å²) in [6, 6.07) is 6.59. The monoisotopic (exact) mass is 206 g/mol. The van der Waals surface area contributed by atoms with Crippen molar-refractivity contribution in [2.24, 2.45) is 17.8 Å². The topological polar surface area (TPSA) is 20.2 Å². The molecule has 2 saturated carbocycles. The molecule has 1 nitrogen and oxygen atoms in total. The molecule has 3 rings (SSSR count). The summed E-state index contributed by atoms with van der Waals surface area (Å²) in [4.78, 5) is 0. The van der Waals surface area contributed by atoms with Crippen molar-refractivity contribution in [3.8, 4) is 0 Å². The number of aliphatic hydroxyl groups excluding tert-OH is 1. The maximum atomic E-state index is 13.4. The van der Waals surface area contributed by atoms with Gasteiger partial charge in [-0.05, 0) is 36.7 Å². The number of hydrogen-bond acceptors (Lipinski definition) is 1. The summed E-state index contributed by atoms with van der Waals surface area (Å²) < 4.78 is 13.4. The van der Waals surface area contributed by atoms with E-state index in [0.29, 0.717) is 23.3 Å². The average Bonchev–Trinajstić information content (AvgIpc) is 2.72. The molecule has 3 atom stereocenters. The Morgan fingerprint density at radius 2 is 1.87 bits per heavy atom. The number of fused-ring (bicyclic) bond motifs is 1. The molecule has 0 bridgehead atoms. The quantitative estimate of drug-likeness (QED) is 0.788. The first-order valence-corrected chi connectivity index (χ1v) is 5.71. The van der Waals surface area contributed by atoms with E-state index in [-0.39, 0.29) is 5.82 Å². The van der Waals surface area contributed by atoms with Gasteiger partial charge in [0.05, 0.1) is 6.10 Å². The number of hydrogen-bond donors (Lipinski definition) is 1. The number of benzene rings is 1. The van der Waals surface area contributed by atoms with Crippen LogP contribution in [0.5, 0.6) is 0 Å². The van der Waals surface area contributed by atoms with Crippen LogP contribution >= 0.6 is 0 Å². The second-order valence-electron chi connectivity index (χ2n) is 4.80. The summed E-state index contributed by atoms with van der Waals surface area (Å²) in [6.45, 7) is 0. The molecule has 3 unspecified atom stereocenters. The third kappa shape index (κ3) is 1.39. The molecule has 1 aromatic carbocycles. The van der Waals surface area contributed by atoms with Gasteiger partial charge < -0.3 is 5.11 Å². The Bertz CT molecular complexity index is 367. The maximum Gasteiger partial charge on any atom is 0.129 e. The molecule has 0 spiro atoms. The second kappa shape index (κ2) is 3.31. The third-order valence-electron chi connectivity index (χ3n) is 4.06. The highest BCUT2D eigenvalue weighted by Gasteiger charge is 2.56. The molecular formula is C13H15FO. The van der Waals surface area contributed by atoms with Crippen LogP contribution in [-0.2, 0) is 0 Å². The van der Waals surface area contributed by atoms with E-state index in [1.165, 1.54) is 25.3 Å². The Morgan fingerprint density at radius 1 is 1.20 bits per heavy atom. The van der Waals surface area contributed by atoms with Crippen molar-refractivity contribution in [2.75, 3.05) is 0 Å². The van der Waals surface area contributed by atoms with E-state index >= 15 is 0 Å². The molecule has 2 aliphatic carbocycles. The summed E-state index contributed by atoms with van der Waals surface area (Å²) in [6.07, 6.45) is 3.15. The van der Waals surface area contributed by atoms with Crippen molar-refractivity contribution < 1.29 is 9.50 Å². The zero-order chi connectivity index (χ0) is 10.4. The number of aliphatic hydroxyl groups is 1. The molecule has 2 aliphatic rings. The van der Waals surface area contributed by atoms with E-state index in [4.69, 9.17) is 0 Å². The molecule has 0 heterocycles. The Morgan fingerprint density at radius 3 is 2.53 bits per heavy atom. The van der Waals surface area contributed by atoms with Gasteiger partial charge in [0.25, 0.3) is 0 Å². The zero-order valence-corrected chi connectivity index (χ0v) is 8.57. The van der Waals surface area contributed by atoms with Crippen molar-refractivity contribution in [1.82, 2.24) is 0 Å². The van der Waals surface area contributed by atoms with Gasteiger partial charge in [-0.25, -0.2) is 4.39 Å². The van der Waals surface area contributed by atoms with Gasteiger partial charge in [-0.15, -0.1) is 0 Å². The van der Waals surface area contributed by atoms with Gasteiger partial charge >= 0.3 is 0 Å². The first-order chi connectivity index (χ1) is 7.29. The van der Waals surface area contributed by atoms with Crippen LogP contribution in [0, 0.1) is 23.6 Å². The van der Waals surface area contributed by atoms with Gasteiger partial charge in [-0.3, -0.25) is 0 Å². The SMILES string of the molecule is OC(c1ccccc1F)C1C2CCCC21. The van der Waals surface area contributed by atoms with E-state index < -0.39 is 6.10 Å². The molecule has 0 radical (unpaired) electrons. The highest BCUT2D eigenvalue weighted by molar-refractivity contribution is 5.23. The second-order valence-corrected chi connectivity index (χ2v) is 4.80. The molecule has 1 N–H and O–H groups in total. The number of halogens is 1. The summed E-state index contributed by atoms with van der Waals surface area (Å²) in [5, 5.41) is 10.1. The highest BCUT2D eigenvalue weighted by atomic mass is 19.1. The van der Waals surface area contributed by atoms with Crippen molar-refractivity contribution in [1.29, 1.82) is 0 Å². The Balaban J connectivity index is 1.81. The summed E-state index contributed by atoms with van der Waals surface area (Å²) in [5.74, 6) is 1.39. The van der Waals surface area contributed by atoms with Crippen LogP contribution in [0.1, 0.15) is 30.9 Å². The van der Waals surface area contributed by atoms with Gasteiger partial charge in [0.2, 0.25) is 0 Å². The van der Waals surface area contributed by atoms with E-state index in [1.807, 2.05) is 0 Å². The lowest BCUT2D eigenvalue weighted by atomic mass is 9.99. The minimum absolute atomic E-state index is 0.269. The summed E-state index contributed by atoms with van der Waals surface area (Å²) in [5.41, 5.74) is 0.483. The van der Waals surface area contributed by atoms with Crippen LogP contribution in [0.15, 0.2) is 24.3 Å². The Labute approximate surface area is 88.9 Å². The van der Waals surface area contributed by atoms with Crippen LogP contribution in [0.4, 0.5) is 4.39 Å². The zero-order valence-electron chi connectivity index (χ0n) is 8.57. The van der Waals surface area contributed by atoms with Crippen molar-refractivity contribution >= 4 is 0 Å². The summed E-state index contributed by atoms with van der Waals surface area (Å²) in [7, 11) is 0. The molecule has 2 fully saturated rings. The fraction of sp³-hybridized carbons (Fsp3) is 0.538. The van der Waals surface area contributed by atoms with Gasteiger partial charge in [0.15, 0.2) is 0 Å². The van der Waals surface area contributed by atoms with E-state index in [0.717, 1.165) is 0 Å². The maximum absolute atomic E-state index is 13.4. The lowest BCUT2D eigenvalue weighted by molar-refractivity contribution is 0.133. The average molecular weight is 206 g/mol. The molecular weight excluding hydrogens is 191 g/mol. The van der Waals surface area contributed by atoms with Crippen LogP contribution in [0.25, 0.3) is 0 Å². The highest BCUT2D eigenvalue weighted by Crippen LogP contribution is 2.62. The molecule has 15 heavy (non-hydrogen) atoms. The first-order valence-electron chi connectivity index (χ1n) is 5.71. The van der Waals surface area contributed by atoms with E-state index in [9.17, 15) is 9.50 Å². The smallest absolute Gasteiger partial charge is 0.129 e. The fourth-order valence-corrected chi connectivity index (χ4v) is 3.27. The largest absolute Gasteiger partial charge is 0.388 e. The van der Waals surface area contributed by atoms with Crippen LogP contribution in [-0.4, -0.2) is 5.11 Å². The van der Waals surface area contributed by atoms with Gasteiger partial charge in [-0.1, -0.05) is 24.6 Å². The van der Waals surface area contributed by atoms with Crippen molar-refractivity contribution in [3.05, 3.63) is 35.6 Å². The third-order valence-corrected chi connectivity index (χ3v) is 4.06. The molecule has 0 aromatic heterocycles.